The van der Waals surface area contributed by atoms with Crippen LogP contribution < -0.4 is 15.4 Å². The summed E-state index contributed by atoms with van der Waals surface area (Å²) >= 11 is 1.52. The highest BCUT2D eigenvalue weighted by Gasteiger charge is 2.25. The smallest absolute Gasteiger partial charge is 0.213 e. The van der Waals surface area contributed by atoms with Crippen molar-refractivity contribution in [3.05, 3.63) is 59.7 Å². The van der Waals surface area contributed by atoms with Crippen molar-refractivity contribution in [3.8, 4) is 11.4 Å². The molecule has 8 heteroatoms. The Morgan fingerprint density at radius 3 is 2.90 bits per heavy atom. The van der Waals surface area contributed by atoms with Gasteiger partial charge < -0.3 is 15.4 Å². The molecule has 0 spiro atoms. The summed E-state index contributed by atoms with van der Waals surface area (Å²) in [4.78, 5) is 0. The number of nitrogens with zero attached hydrogens (tertiary/aromatic N) is 4. The second-order valence-electron chi connectivity index (χ2n) is 7.05. The fraction of sp³-hybridized carbons (Fsp3) is 0.381. The Morgan fingerprint density at radius 2 is 2.10 bits per heavy atom. The molecule has 0 amide bonds. The maximum absolute atomic E-state index is 5.60. The van der Waals surface area contributed by atoms with Crippen LogP contribution in [-0.2, 0) is 6.54 Å². The largest absolute Gasteiger partial charge is 0.496 e. The Kier molecular flexibility index (Phi) is 6.43. The molecule has 1 aliphatic heterocycles. The van der Waals surface area contributed by atoms with Crippen molar-refractivity contribution in [2.75, 3.05) is 19.9 Å². The summed E-state index contributed by atoms with van der Waals surface area (Å²) in [6.45, 7) is 1.76. The van der Waals surface area contributed by atoms with Gasteiger partial charge in [0.2, 0.25) is 5.16 Å². The molecule has 0 aliphatic carbocycles. The molecule has 0 bridgehead atoms. The summed E-state index contributed by atoms with van der Waals surface area (Å²) in [5.41, 5.74) is 3.34. The lowest BCUT2D eigenvalue weighted by Crippen LogP contribution is -2.45. The van der Waals surface area contributed by atoms with Crippen LogP contribution in [0.4, 0.5) is 0 Å². The highest BCUT2D eigenvalue weighted by molar-refractivity contribution is 7.98. The average Bonchev–Trinajstić information content (AvgIpc) is 3.27. The molecule has 2 unspecified atom stereocenters. The molecule has 3 aromatic rings. The zero-order valence-corrected chi connectivity index (χ0v) is 17.5. The summed E-state index contributed by atoms with van der Waals surface area (Å²) < 4.78 is 7.36. The third-order valence-electron chi connectivity index (χ3n) is 5.30. The van der Waals surface area contributed by atoms with E-state index in [0.29, 0.717) is 18.6 Å². The highest BCUT2D eigenvalue weighted by atomic mass is 32.2. The molecule has 29 heavy (non-hydrogen) atoms. The molecule has 2 heterocycles. The molecule has 1 aliphatic rings. The van der Waals surface area contributed by atoms with Gasteiger partial charge in [0.25, 0.3) is 0 Å². The maximum Gasteiger partial charge on any atom is 0.213 e. The fourth-order valence-electron chi connectivity index (χ4n) is 3.86. The first kappa shape index (κ1) is 19.9. The topological polar surface area (TPSA) is 76.9 Å². The van der Waals surface area contributed by atoms with Crippen molar-refractivity contribution < 1.29 is 4.74 Å². The Morgan fingerprint density at radius 1 is 1.24 bits per heavy atom. The van der Waals surface area contributed by atoms with Gasteiger partial charge in [-0.3, -0.25) is 0 Å². The van der Waals surface area contributed by atoms with E-state index in [4.69, 9.17) is 4.74 Å². The molecule has 7 nitrogen and oxygen atoms in total. The first-order chi connectivity index (χ1) is 14.3. The third-order valence-corrected chi connectivity index (χ3v) is 5.92. The monoisotopic (exact) mass is 410 g/mol. The van der Waals surface area contributed by atoms with E-state index in [1.807, 2.05) is 18.4 Å². The van der Waals surface area contributed by atoms with Crippen LogP contribution >= 0.6 is 11.8 Å². The number of benzene rings is 2. The van der Waals surface area contributed by atoms with Gasteiger partial charge in [-0.05, 0) is 59.8 Å². The van der Waals surface area contributed by atoms with Crippen LogP contribution in [0.1, 0.15) is 30.0 Å². The summed E-state index contributed by atoms with van der Waals surface area (Å²) in [5, 5.41) is 20.2. The molecule has 0 radical (unpaired) electrons. The van der Waals surface area contributed by atoms with Gasteiger partial charge in [-0.25, -0.2) is 0 Å². The molecule has 1 fully saturated rings. The van der Waals surface area contributed by atoms with E-state index in [0.717, 1.165) is 35.1 Å². The van der Waals surface area contributed by atoms with Crippen molar-refractivity contribution in [1.82, 2.24) is 30.8 Å². The van der Waals surface area contributed by atoms with Gasteiger partial charge >= 0.3 is 0 Å². The van der Waals surface area contributed by atoms with Crippen LogP contribution in [0.3, 0.4) is 0 Å². The zero-order valence-electron chi connectivity index (χ0n) is 16.7. The lowest BCUT2D eigenvalue weighted by atomic mass is 9.92. The number of nitrogens with one attached hydrogen (secondary N) is 2. The van der Waals surface area contributed by atoms with E-state index in [-0.39, 0.29) is 0 Å². The quantitative estimate of drug-likeness (QED) is 0.580. The van der Waals surface area contributed by atoms with E-state index >= 15 is 0 Å². The zero-order chi connectivity index (χ0) is 20.1. The van der Waals surface area contributed by atoms with Crippen LogP contribution in [0, 0.1) is 0 Å². The number of thioether (sulfide) groups is 1. The molecule has 2 aromatic carbocycles. The Bertz CT molecular complexity index is 932. The number of ether oxygens (including phenoxy) is 1. The van der Waals surface area contributed by atoms with E-state index < -0.39 is 0 Å². The van der Waals surface area contributed by atoms with Gasteiger partial charge in [-0.1, -0.05) is 42.1 Å². The van der Waals surface area contributed by atoms with E-state index in [1.165, 1.54) is 23.7 Å². The van der Waals surface area contributed by atoms with Crippen molar-refractivity contribution in [1.29, 1.82) is 0 Å². The molecule has 152 valence electrons. The van der Waals surface area contributed by atoms with Crippen molar-refractivity contribution >= 4 is 11.8 Å². The SMILES string of the molecule is COc1ccc(-n2nnnc2SC)cc1CNC1CCCNC1c1ccccc1. The molecule has 1 aromatic heterocycles. The number of methoxy groups -OCH3 is 1. The maximum atomic E-state index is 5.60. The lowest BCUT2D eigenvalue weighted by molar-refractivity contribution is 0.303. The summed E-state index contributed by atoms with van der Waals surface area (Å²) in [6.07, 6.45) is 4.27. The number of rotatable bonds is 7. The van der Waals surface area contributed by atoms with Crippen LogP contribution in [0.15, 0.2) is 53.7 Å². The highest BCUT2D eigenvalue weighted by Crippen LogP contribution is 2.27. The molecule has 2 atom stereocenters. The summed E-state index contributed by atoms with van der Waals surface area (Å²) in [5.74, 6) is 0.861. The second-order valence-corrected chi connectivity index (χ2v) is 7.82. The Hall–Kier alpha value is -2.42. The van der Waals surface area contributed by atoms with Gasteiger partial charge in [0.1, 0.15) is 5.75 Å². The molecular formula is C21H26N6OS. The fourth-order valence-corrected chi connectivity index (χ4v) is 4.30. The van der Waals surface area contributed by atoms with Crippen LogP contribution in [0.25, 0.3) is 5.69 Å². The summed E-state index contributed by atoms with van der Waals surface area (Å²) in [7, 11) is 1.71. The number of piperidine rings is 1. The average molecular weight is 411 g/mol. The minimum atomic E-state index is 0.307. The van der Waals surface area contributed by atoms with E-state index in [9.17, 15) is 0 Å². The van der Waals surface area contributed by atoms with Crippen molar-refractivity contribution in [3.63, 3.8) is 0 Å². The normalized spacial score (nSPS) is 19.2. The number of hydrogen-bond acceptors (Lipinski definition) is 7. The Balaban J connectivity index is 1.54. The van der Waals surface area contributed by atoms with Crippen LogP contribution in [-0.4, -0.2) is 46.2 Å². The van der Waals surface area contributed by atoms with E-state index in [2.05, 4.69) is 62.6 Å². The number of hydrogen-bond donors (Lipinski definition) is 2. The Labute approximate surface area is 175 Å². The second kappa shape index (κ2) is 9.39. The van der Waals surface area contributed by atoms with Crippen LogP contribution in [0.2, 0.25) is 0 Å². The first-order valence-electron chi connectivity index (χ1n) is 9.81. The van der Waals surface area contributed by atoms with Crippen LogP contribution in [0.5, 0.6) is 5.75 Å². The van der Waals surface area contributed by atoms with Crippen molar-refractivity contribution in [2.45, 2.75) is 36.6 Å². The van der Waals surface area contributed by atoms with Gasteiger partial charge in [0, 0.05) is 24.2 Å². The molecule has 0 saturated carbocycles. The lowest BCUT2D eigenvalue weighted by Gasteiger charge is -2.34. The predicted molar refractivity (Wildman–Crippen MR) is 115 cm³/mol. The summed E-state index contributed by atoms with van der Waals surface area (Å²) in [6, 6.07) is 17.4. The number of tetrazole rings is 1. The first-order valence-corrected chi connectivity index (χ1v) is 11.0. The molecule has 2 N–H and O–H groups in total. The third kappa shape index (κ3) is 4.44. The molecule has 4 rings (SSSR count). The van der Waals surface area contributed by atoms with Gasteiger partial charge in [0.05, 0.1) is 12.8 Å². The molecule has 1 saturated heterocycles. The van der Waals surface area contributed by atoms with Crippen molar-refractivity contribution in [2.24, 2.45) is 0 Å². The van der Waals surface area contributed by atoms with Gasteiger partial charge in [-0.15, -0.1) is 5.10 Å². The van der Waals surface area contributed by atoms with Gasteiger partial charge in [0.15, 0.2) is 0 Å². The predicted octanol–water partition coefficient (Wildman–Crippen LogP) is 2.98. The minimum absolute atomic E-state index is 0.307. The number of aromatic nitrogens is 4. The van der Waals surface area contributed by atoms with E-state index in [1.54, 1.807) is 11.8 Å². The van der Waals surface area contributed by atoms with Gasteiger partial charge in [-0.2, -0.15) is 4.68 Å². The standard InChI is InChI=1S/C21H26N6OS/c1-28-19-11-10-17(27-21(29-2)24-25-26-27)13-16(19)14-23-18-9-6-12-22-20(18)15-7-4-3-5-8-15/h3-5,7-8,10-11,13,18,20,22-23H,6,9,12,14H2,1-2H3. The minimum Gasteiger partial charge on any atom is -0.496 e. The molecular weight excluding hydrogens is 384 g/mol.